The average Bonchev–Trinajstić information content (AvgIpc) is 2.48. The van der Waals surface area contributed by atoms with E-state index in [1.165, 1.54) is 29.4 Å². The number of nitrogens with zero attached hydrogens (tertiary/aromatic N) is 2. The van der Waals surface area contributed by atoms with Crippen molar-refractivity contribution in [1.29, 1.82) is 0 Å². The summed E-state index contributed by atoms with van der Waals surface area (Å²) in [6.45, 7) is 0. The number of benzene rings is 1. The van der Waals surface area contributed by atoms with E-state index in [1.807, 2.05) is 0 Å². The molecule has 108 valence electrons. The van der Waals surface area contributed by atoms with E-state index in [1.54, 1.807) is 24.5 Å². The van der Waals surface area contributed by atoms with Crippen molar-refractivity contribution in [1.82, 2.24) is 4.98 Å². The van der Waals surface area contributed by atoms with Gasteiger partial charge in [0.05, 0.1) is 22.0 Å². The van der Waals surface area contributed by atoms with Gasteiger partial charge >= 0.3 is 5.97 Å². The van der Waals surface area contributed by atoms with Gasteiger partial charge in [-0.3, -0.25) is 9.99 Å². The molecule has 0 fully saturated rings. The van der Waals surface area contributed by atoms with Gasteiger partial charge in [0, 0.05) is 24.2 Å². The van der Waals surface area contributed by atoms with Crippen LogP contribution in [0.5, 0.6) is 0 Å². The number of hydrogen-bond donors (Lipinski definition) is 3. The molecule has 0 aliphatic rings. The van der Waals surface area contributed by atoms with Crippen LogP contribution in [0.3, 0.4) is 0 Å². The molecule has 2 rings (SSSR count). The highest BCUT2D eigenvalue weighted by Crippen LogP contribution is 2.26. The number of hydrogen-bond acceptors (Lipinski definition) is 5. The number of carbonyl (C=O) groups is 1. The van der Waals surface area contributed by atoms with Gasteiger partial charge in [0.1, 0.15) is 0 Å². The van der Waals surface area contributed by atoms with Crippen molar-refractivity contribution in [3.05, 3.63) is 65.1 Å². The number of aromatic carboxylic acids is 1. The molecule has 1 aromatic heterocycles. The first-order valence-corrected chi connectivity index (χ1v) is 6.31. The minimum Gasteiger partial charge on any atom is -0.478 e. The fraction of sp³-hybridized carbons (Fsp3) is 0. The van der Waals surface area contributed by atoms with Gasteiger partial charge in [0.2, 0.25) is 0 Å². The molecule has 5 N–H and O–H groups in total. The molecule has 21 heavy (non-hydrogen) atoms. The van der Waals surface area contributed by atoms with Crippen molar-refractivity contribution in [2.75, 3.05) is 5.01 Å². The molecule has 0 amide bonds. The molecule has 6 nitrogen and oxygen atoms in total. The highest BCUT2D eigenvalue weighted by Gasteiger charge is 2.11. The molecular formula is C14H13ClN4O2. The number of aromatic nitrogens is 1. The molecular weight excluding hydrogens is 292 g/mol. The highest BCUT2D eigenvalue weighted by atomic mass is 35.5. The van der Waals surface area contributed by atoms with Gasteiger partial charge < -0.3 is 10.8 Å². The zero-order chi connectivity index (χ0) is 15.4. The SMILES string of the molecule is NC(=CN(N)c1cc(C(=O)O)ccc1Cl)c1cccnc1. The fourth-order valence-corrected chi connectivity index (χ4v) is 1.89. The molecule has 1 aromatic carbocycles. The lowest BCUT2D eigenvalue weighted by Crippen LogP contribution is -2.26. The van der Waals surface area contributed by atoms with Crippen LogP contribution < -0.4 is 16.6 Å². The molecule has 0 spiro atoms. The molecule has 0 saturated heterocycles. The molecule has 0 radical (unpaired) electrons. The van der Waals surface area contributed by atoms with Gasteiger partial charge in [-0.05, 0) is 30.3 Å². The summed E-state index contributed by atoms with van der Waals surface area (Å²) in [6.07, 6.45) is 4.67. The van der Waals surface area contributed by atoms with Gasteiger partial charge in [-0.15, -0.1) is 0 Å². The first kappa shape index (κ1) is 14.8. The Kier molecular flexibility index (Phi) is 4.42. The van der Waals surface area contributed by atoms with E-state index < -0.39 is 5.97 Å². The Balaban J connectivity index is 2.34. The molecule has 0 bridgehead atoms. The second-order valence-corrected chi connectivity index (χ2v) is 4.61. The summed E-state index contributed by atoms with van der Waals surface area (Å²) < 4.78 is 0. The van der Waals surface area contributed by atoms with E-state index in [4.69, 9.17) is 28.3 Å². The predicted molar refractivity (Wildman–Crippen MR) is 81.5 cm³/mol. The number of rotatable bonds is 4. The van der Waals surface area contributed by atoms with Crippen molar-refractivity contribution >= 4 is 29.0 Å². The number of hydrazine groups is 1. The third-order valence-corrected chi connectivity index (χ3v) is 3.06. The van der Waals surface area contributed by atoms with Gasteiger partial charge in [-0.2, -0.15) is 0 Å². The van der Waals surface area contributed by atoms with Crippen LogP contribution in [0.15, 0.2) is 48.9 Å². The summed E-state index contributed by atoms with van der Waals surface area (Å²) in [6, 6.07) is 7.76. The van der Waals surface area contributed by atoms with E-state index in [2.05, 4.69) is 4.98 Å². The standard InChI is InChI=1S/C14H13ClN4O2/c15-11-4-3-9(14(20)21)6-13(11)19(17)8-12(16)10-2-1-5-18-7-10/h1-8H,16-17H2,(H,20,21). The lowest BCUT2D eigenvalue weighted by atomic mass is 10.2. The van der Waals surface area contributed by atoms with Crippen molar-refractivity contribution in [3.8, 4) is 0 Å². The number of nitrogens with two attached hydrogens (primary N) is 2. The van der Waals surface area contributed by atoms with E-state index in [-0.39, 0.29) is 5.56 Å². The molecule has 0 atom stereocenters. The fourth-order valence-electron chi connectivity index (χ4n) is 1.67. The lowest BCUT2D eigenvalue weighted by molar-refractivity contribution is 0.0697. The molecule has 7 heteroatoms. The first-order valence-electron chi connectivity index (χ1n) is 5.93. The van der Waals surface area contributed by atoms with Gasteiger partial charge in [-0.1, -0.05) is 11.6 Å². The number of carboxylic acid groups (broad SMARTS) is 1. The van der Waals surface area contributed by atoms with Gasteiger partial charge in [0.25, 0.3) is 0 Å². The van der Waals surface area contributed by atoms with Crippen LogP contribution in [0, 0.1) is 0 Å². The monoisotopic (exact) mass is 304 g/mol. The molecule has 0 unspecified atom stereocenters. The van der Waals surface area contributed by atoms with Crippen LogP contribution >= 0.6 is 11.6 Å². The van der Waals surface area contributed by atoms with Gasteiger partial charge in [0.15, 0.2) is 0 Å². The summed E-state index contributed by atoms with van der Waals surface area (Å²) in [5, 5.41) is 10.5. The summed E-state index contributed by atoms with van der Waals surface area (Å²) in [4.78, 5) is 14.9. The van der Waals surface area contributed by atoms with Gasteiger partial charge in [-0.25, -0.2) is 10.6 Å². The third kappa shape index (κ3) is 3.50. The van der Waals surface area contributed by atoms with Crippen LogP contribution in [0.1, 0.15) is 15.9 Å². The van der Waals surface area contributed by atoms with E-state index in [9.17, 15) is 4.79 Å². The second-order valence-electron chi connectivity index (χ2n) is 4.20. The summed E-state index contributed by atoms with van der Waals surface area (Å²) in [5.74, 6) is 4.82. The Labute approximate surface area is 126 Å². The summed E-state index contributed by atoms with van der Waals surface area (Å²) >= 11 is 6.03. The first-order chi connectivity index (χ1) is 9.99. The van der Waals surface area contributed by atoms with Crippen LogP contribution in [-0.4, -0.2) is 16.1 Å². The van der Waals surface area contributed by atoms with Crippen molar-refractivity contribution in [2.24, 2.45) is 11.6 Å². The molecule has 0 aliphatic carbocycles. The molecule has 0 saturated carbocycles. The Bertz CT molecular complexity index is 689. The van der Waals surface area contributed by atoms with Crippen LogP contribution in [0.4, 0.5) is 5.69 Å². The zero-order valence-electron chi connectivity index (χ0n) is 10.9. The quantitative estimate of drug-likeness (QED) is 0.590. The highest BCUT2D eigenvalue weighted by molar-refractivity contribution is 6.33. The smallest absolute Gasteiger partial charge is 0.335 e. The van der Waals surface area contributed by atoms with E-state index in [0.717, 1.165) is 0 Å². The maximum atomic E-state index is 11.0. The van der Waals surface area contributed by atoms with Crippen molar-refractivity contribution < 1.29 is 9.90 Å². The number of carboxylic acids is 1. The van der Waals surface area contributed by atoms with Crippen LogP contribution in [-0.2, 0) is 0 Å². The second kappa shape index (κ2) is 6.25. The largest absolute Gasteiger partial charge is 0.478 e. The maximum Gasteiger partial charge on any atom is 0.335 e. The van der Waals surface area contributed by atoms with Crippen molar-refractivity contribution in [2.45, 2.75) is 0 Å². The number of halogens is 1. The predicted octanol–water partition coefficient (Wildman–Crippen LogP) is 2.07. The Morgan fingerprint density at radius 1 is 1.33 bits per heavy atom. The van der Waals surface area contributed by atoms with E-state index >= 15 is 0 Å². The Morgan fingerprint density at radius 3 is 2.71 bits per heavy atom. The topological polar surface area (TPSA) is 105 Å². The number of pyridine rings is 1. The average molecular weight is 305 g/mol. The Morgan fingerprint density at radius 2 is 2.10 bits per heavy atom. The maximum absolute atomic E-state index is 11.0. The lowest BCUT2D eigenvalue weighted by Gasteiger charge is -2.17. The molecule has 0 aliphatic heterocycles. The van der Waals surface area contributed by atoms with Crippen LogP contribution in [0.25, 0.3) is 5.70 Å². The van der Waals surface area contributed by atoms with E-state index in [0.29, 0.717) is 22.0 Å². The summed E-state index contributed by atoms with van der Waals surface area (Å²) in [7, 11) is 0. The zero-order valence-corrected chi connectivity index (χ0v) is 11.7. The normalized spacial score (nSPS) is 11.2. The molecule has 2 aromatic rings. The minimum absolute atomic E-state index is 0.0817. The summed E-state index contributed by atoms with van der Waals surface area (Å²) in [5.41, 5.74) is 7.41. The minimum atomic E-state index is -1.06. The molecule has 1 heterocycles. The van der Waals surface area contributed by atoms with Crippen molar-refractivity contribution in [3.63, 3.8) is 0 Å². The Hall–Kier alpha value is -2.57. The third-order valence-electron chi connectivity index (χ3n) is 2.74. The van der Waals surface area contributed by atoms with Crippen LogP contribution in [0.2, 0.25) is 5.02 Å². The number of anilines is 1.